The van der Waals surface area contributed by atoms with Crippen molar-refractivity contribution in [2.24, 2.45) is 4.99 Å². The van der Waals surface area contributed by atoms with Gasteiger partial charge in [0.25, 0.3) is 0 Å². The molecule has 1 aromatic heterocycles. The first-order valence-electron chi connectivity index (χ1n) is 11.7. The Morgan fingerprint density at radius 3 is 1.62 bits per heavy atom. The summed E-state index contributed by atoms with van der Waals surface area (Å²) in [5.41, 5.74) is 2.13. The van der Waals surface area contributed by atoms with Crippen molar-refractivity contribution in [1.82, 2.24) is 4.98 Å². The number of nitrogens with zero attached hydrogens (tertiary/aromatic N) is 2. The molecule has 1 fully saturated rings. The van der Waals surface area contributed by atoms with E-state index in [-0.39, 0.29) is 6.04 Å². The number of fused-ring (bicyclic) bond motifs is 1. The molecule has 0 saturated heterocycles. The number of aromatic nitrogens is 1. The number of hydrogen-bond acceptors (Lipinski definition) is 2. The molecule has 0 bridgehead atoms. The van der Waals surface area contributed by atoms with E-state index in [2.05, 4.69) is 104 Å². The second kappa shape index (κ2) is 14.2. The van der Waals surface area contributed by atoms with E-state index in [1.165, 1.54) is 63.8 Å². The van der Waals surface area contributed by atoms with Gasteiger partial charge < -0.3 is 0 Å². The van der Waals surface area contributed by atoms with Crippen LogP contribution in [0.2, 0.25) is 0 Å². The predicted octanol–water partition coefficient (Wildman–Crippen LogP) is 10.2. The normalized spacial score (nSPS) is 18.2. The zero-order valence-corrected chi connectivity index (χ0v) is 28.0. The van der Waals surface area contributed by atoms with E-state index < -0.39 is 19.5 Å². The summed E-state index contributed by atoms with van der Waals surface area (Å²) in [4.78, 5) is 8.88. The first kappa shape index (κ1) is 35.9. The average Bonchev–Trinajstić information content (AvgIpc) is 3.04. The Bertz CT molecular complexity index is 1130. The fourth-order valence-corrected chi connectivity index (χ4v) is 3.74. The van der Waals surface area contributed by atoms with Crippen LogP contribution in [0.1, 0.15) is 58.8 Å². The van der Waals surface area contributed by atoms with E-state index in [1.54, 1.807) is 6.20 Å². The molecule has 4 rings (SSSR count). The van der Waals surface area contributed by atoms with Crippen LogP contribution in [0.5, 0.6) is 0 Å². The van der Waals surface area contributed by atoms with E-state index in [1.807, 2.05) is 24.4 Å². The van der Waals surface area contributed by atoms with Gasteiger partial charge in [0.1, 0.15) is 0 Å². The Balaban J connectivity index is 0.000000335. The van der Waals surface area contributed by atoms with Crippen molar-refractivity contribution >= 4 is 46.0 Å². The number of rotatable bonds is 3. The monoisotopic (exact) mass is 858 g/mol. The fraction of sp³-hybridized carbons (Fsp3) is 0.250. The zero-order chi connectivity index (χ0) is 30.1. The summed E-state index contributed by atoms with van der Waals surface area (Å²) in [7, 11) is 4.64. The van der Waals surface area contributed by atoms with Gasteiger partial charge in [0.2, 0.25) is 0 Å². The molecule has 5 radical (unpaired) electrons. The molecule has 0 amide bonds. The first-order valence-corrected chi connectivity index (χ1v) is 20.4. The zero-order valence-electron chi connectivity index (χ0n) is 22.3. The van der Waals surface area contributed by atoms with Crippen molar-refractivity contribution in [1.29, 1.82) is 0 Å². The third-order valence-corrected chi connectivity index (χ3v) is 6.20. The predicted molar refractivity (Wildman–Crippen MR) is 147 cm³/mol. The van der Waals surface area contributed by atoms with E-state index >= 15 is 0 Å². The number of halogens is 7. The molecule has 0 spiro atoms. The van der Waals surface area contributed by atoms with Crippen molar-refractivity contribution in [3.8, 4) is 0 Å². The summed E-state index contributed by atoms with van der Waals surface area (Å²) in [6.45, 7) is 13.1. The van der Waals surface area contributed by atoms with Gasteiger partial charge in [-0.15, -0.1) is 0 Å². The molecule has 1 aliphatic rings. The van der Waals surface area contributed by atoms with E-state index in [4.69, 9.17) is 0 Å². The Morgan fingerprint density at radius 2 is 1.15 bits per heavy atom. The van der Waals surface area contributed by atoms with Crippen LogP contribution in [-0.4, -0.2) is 30.7 Å². The molecule has 0 unspecified atom stereocenters. The quantitative estimate of drug-likeness (QED) is 0.146. The molecule has 2 nitrogen and oxygen atoms in total. The molecular weight excluding hydrogens is 828 g/mol. The van der Waals surface area contributed by atoms with Crippen LogP contribution in [0.15, 0.2) is 71.9 Å². The van der Waals surface area contributed by atoms with Gasteiger partial charge in [-0.25, -0.2) is 0 Å². The second-order valence-corrected chi connectivity index (χ2v) is 14.3. The van der Waals surface area contributed by atoms with Crippen molar-refractivity contribution in [2.45, 2.75) is 47.6 Å². The van der Waals surface area contributed by atoms with Crippen LogP contribution in [0, 0.1) is 29.6 Å². The second-order valence-electron chi connectivity index (χ2n) is 8.86. The van der Waals surface area contributed by atoms with Gasteiger partial charge in [-0.3, -0.25) is 9.98 Å². The first-order chi connectivity index (χ1) is 17.8. The van der Waals surface area contributed by atoms with Gasteiger partial charge in [-0.2, -0.15) is 0 Å². The van der Waals surface area contributed by atoms with E-state index in [0.717, 1.165) is 5.69 Å². The summed E-state index contributed by atoms with van der Waals surface area (Å²) in [5, 5.41) is 2.52. The van der Waals surface area contributed by atoms with Gasteiger partial charge >= 0.3 is 63.8 Å². The van der Waals surface area contributed by atoms with Crippen molar-refractivity contribution in [3.63, 3.8) is 0 Å². The van der Waals surface area contributed by atoms with E-state index in [0.29, 0.717) is 0 Å². The molecule has 1 saturated carbocycles. The number of pyridine rings is 1. The van der Waals surface area contributed by atoms with Gasteiger partial charge in [0, 0.05) is 12.4 Å². The van der Waals surface area contributed by atoms with Crippen LogP contribution in [-0.2, 0) is 17.9 Å². The summed E-state index contributed by atoms with van der Waals surface area (Å²) >= 11 is -9.78. The van der Waals surface area contributed by atoms with Crippen LogP contribution in [0.25, 0.3) is 10.8 Å². The molecule has 0 N–H and O–H groups in total. The summed E-state index contributed by atoms with van der Waals surface area (Å²) < 4.78 is 59.6. The summed E-state index contributed by atoms with van der Waals surface area (Å²) in [5.74, 6) is 7.34. The number of benzene rings is 2. The van der Waals surface area contributed by atoms with Crippen molar-refractivity contribution in [3.05, 3.63) is 108 Å². The minimum absolute atomic E-state index is 0.114. The number of hydrogen-bond donors (Lipinski definition) is 0. The van der Waals surface area contributed by atoms with Crippen LogP contribution >= 0.6 is 9.58 Å². The maximum atomic E-state index is 9.93. The Hall–Kier alpha value is -1.14. The fourth-order valence-electron chi connectivity index (χ4n) is 3.74. The summed E-state index contributed by atoms with van der Waals surface area (Å²) in [6.07, 6.45) is 3.62. The molecule has 1 aliphatic carbocycles. The topological polar surface area (TPSA) is 25.2 Å². The molecule has 1 heterocycles. The van der Waals surface area contributed by atoms with Crippen LogP contribution in [0.4, 0.5) is 16.9 Å². The van der Waals surface area contributed by atoms with Gasteiger partial charge in [-0.1, -0.05) is 83.1 Å². The summed E-state index contributed by atoms with van der Waals surface area (Å²) in [6, 6.07) is 20.7. The Kier molecular flexibility index (Phi) is 13.0. The molecule has 11 heteroatoms. The number of aliphatic imine (C=N–C) groups is 1. The minimum atomic E-state index is -11.2. The van der Waals surface area contributed by atoms with Gasteiger partial charge in [0.05, 0.1) is 11.7 Å². The van der Waals surface area contributed by atoms with E-state index in [9.17, 15) is 16.9 Å². The van der Waals surface area contributed by atoms with Crippen molar-refractivity contribution in [2.75, 3.05) is 0 Å². The molecule has 39 heavy (non-hydrogen) atoms. The molecular formula is C28H31ClF6IrN2Sb+. The SMILES string of the molecule is C[C@@H](N=Cc1ccccn1)c1cccc2ccccc12.C[C]1[C](C)[C](C)[C](C)[C]1C.[Cl][Ir+2].[F][Sb-]([F])([F])([F])([F])[F]. The molecule has 3 aromatic rings. The standard InChI is InChI=1S/C18H16N2.C10H15.ClH.6FH.Ir.Sb/c1-14(20-13-16-9-4-5-12-19-16)17-11-6-8-15-7-2-3-10-18(15)17;1-6-7(2)9(4)10(5)8(6)3;;;;;;;;;/h2-14H,1H3;1-5H3;7*1H;;/q;;;;;;;;;+3;+5/p-7/t14-;;;;;;;;;;/m1........../s1. The third kappa shape index (κ3) is 13.9. The van der Waals surface area contributed by atoms with Gasteiger partial charge in [0.15, 0.2) is 0 Å². The van der Waals surface area contributed by atoms with Crippen LogP contribution < -0.4 is 0 Å². The Labute approximate surface area is 244 Å². The molecule has 0 aliphatic heterocycles. The maximum absolute atomic E-state index is 11.2. The third-order valence-electron chi connectivity index (χ3n) is 6.20. The average molecular weight is 859 g/mol. The van der Waals surface area contributed by atoms with Crippen molar-refractivity contribution < 1.29 is 34.8 Å². The molecule has 215 valence electrons. The van der Waals surface area contributed by atoms with Crippen LogP contribution in [0.3, 0.4) is 0 Å². The molecule has 2 aromatic carbocycles. The van der Waals surface area contributed by atoms with Gasteiger partial charge in [-0.05, 0) is 65.0 Å². The Morgan fingerprint density at radius 1 is 0.718 bits per heavy atom. The molecule has 1 atom stereocenters.